The molecule has 0 bridgehead atoms. The van der Waals surface area contributed by atoms with Gasteiger partial charge >= 0.3 is 0 Å². The van der Waals surface area contributed by atoms with Crippen LogP contribution in [-0.4, -0.2) is 25.5 Å². The van der Waals surface area contributed by atoms with Crippen LogP contribution in [0.3, 0.4) is 0 Å². The first-order valence-corrected chi connectivity index (χ1v) is 4.91. The van der Waals surface area contributed by atoms with E-state index in [-0.39, 0.29) is 32.7 Å². The minimum Gasteiger partial charge on any atom is -0.529 e. The molecule has 1 saturated heterocycles. The van der Waals surface area contributed by atoms with Crippen molar-refractivity contribution in [3.63, 3.8) is 0 Å². The maximum Gasteiger partial charge on any atom is 0.0219 e. The molecule has 1 heterocycles. The van der Waals surface area contributed by atoms with Crippen LogP contribution in [0.5, 0.6) is 0 Å². The maximum atomic E-state index is 9.85. The molecule has 1 radical (unpaired) electrons. The minimum absolute atomic E-state index is 0. The molecule has 0 aromatic carbocycles. The van der Waals surface area contributed by atoms with Gasteiger partial charge in [0.1, 0.15) is 0 Å². The Morgan fingerprint density at radius 2 is 2.21 bits per heavy atom. The largest absolute Gasteiger partial charge is 0.529 e. The summed E-state index contributed by atoms with van der Waals surface area (Å²) >= 11 is 0. The minimum atomic E-state index is 0. The summed E-state index contributed by atoms with van der Waals surface area (Å²) < 4.78 is 0. The van der Waals surface area contributed by atoms with Crippen LogP contribution in [0.1, 0.15) is 26.7 Å². The maximum absolute atomic E-state index is 9.85. The molecule has 14 heavy (non-hydrogen) atoms. The Balaban J connectivity index is 0. The van der Waals surface area contributed by atoms with Crippen LogP contribution >= 0.6 is 0 Å². The van der Waals surface area contributed by atoms with Crippen LogP contribution in [0.15, 0.2) is 0 Å². The number of amides is 1. The van der Waals surface area contributed by atoms with E-state index in [0.29, 0.717) is 6.04 Å². The Labute approximate surface area is 113 Å². The summed E-state index contributed by atoms with van der Waals surface area (Å²) in [7, 11) is 0. The molecule has 4 heteroatoms. The zero-order valence-electron chi connectivity index (χ0n) is 9.18. The molecule has 1 rings (SSSR count). The molecule has 2 atom stereocenters. The third-order valence-corrected chi connectivity index (χ3v) is 2.31. The van der Waals surface area contributed by atoms with Crippen molar-refractivity contribution in [2.75, 3.05) is 13.1 Å². The predicted molar refractivity (Wildman–Crippen MR) is 54.9 cm³/mol. The van der Waals surface area contributed by atoms with Gasteiger partial charge in [0.05, 0.1) is 0 Å². The van der Waals surface area contributed by atoms with Crippen molar-refractivity contribution in [1.82, 2.24) is 10.6 Å². The van der Waals surface area contributed by atoms with Gasteiger partial charge in [-0.05, 0) is 18.9 Å². The van der Waals surface area contributed by atoms with E-state index in [1.54, 1.807) is 13.3 Å². The molecular weight excluding hydrogens is 253 g/mol. The van der Waals surface area contributed by atoms with Gasteiger partial charge in [-0.3, -0.25) is 0 Å². The van der Waals surface area contributed by atoms with Gasteiger partial charge in [-0.1, -0.05) is 13.3 Å². The van der Waals surface area contributed by atoms with Gasteiger partial charge in [0, 0.05) is 45.3 Å². The van der Waals surface area contributed by atoms with E-state index in [1.165, 1.54) is 12.8 Å². The van der Waals surface area contributed by atoms with Crippen molar-refractivity contribution in [2.24, 2.45) is 5.92 Å². The summed E-state index contributed by atoms with van der Waals surface area (Å²) in [6, 6.07) is 0.474. The first kappa shape index (κ1) is 16.9. The number of hydrogen-bond acceptors (Lipinski definition) is 2. The van der Waals surface area contributed by atoms with Crippen LogP contribution in [-0.2, 0) is 37.5 Å². The predicted octanol–water partition coefficient (Wildman–Crippen LogP) is 0.869. The molecule has 0 aromatic heterocycles. The van der Waals surface area contributed by atoms with Crippen LogP contribution in [0.2, 0.25) is 0 Å². The van der Waals surface area contributed by atoms with Crippen molar-refractivity contribution < 1.29 is 37.5 Å². The Morgan fingerprint density at radius 3 is 2.64 bits per heavy atom. The molecule has 0 unspecified atom stereocenters. The summed E-state index contributed by atoms with van der Waals surface area (Å²) in [4.78, 5) is 9.85. The topological polar surface area (TPSA) is 41.1 Å². The molecule has 0 aromatic rings. The summed E-state index contributed by atoms with van der Waals surface area (Å²) in [5, 5.41) is 5.92. The van der Waals surface area contributed by atoms with E-state index in [4.69, 9.17) is 0 Å². The SMILES string of the molecule is CC[C@H]1CN[C@H](CN[C-]=O)C1.[CH2-]C.[Y]. The average molecular weight is 273 g/mol. The molecule has 1 aliphatic heterocycles. The Bertz CT molecular complexity index is 133. The van der Waals surface area contributed by atoms with Crippen LogP contribution in [0, 0.1) is 12.8 Å². The van der Waals surface area contributed by atoms with Gasteiger partial charge < -0.3 is 22.4 Å². The summed E-state index contributed by atoms with van der Waals surface area (Å²) in [6.45, 7) is 9.02. The van der Waals surface area contributed by atoms with Crippen LogP contribution in [0.25, 0.3) is 0 Å². The van der Waals surface area contributed by atoms with E-state index in [1.807, 2.05) is 0 Å². The van der Waals surface area contributed by atoms with E-state index in [9.17, 15) is 4.79 Å². The number of rotatable bonds is 4. The first-order chi connectivity index (χ1) is 6.36. The van der Waals surface area contributed by atoms with Gasteiger partial charge in [-0.25, -0.2) is 0 Å². The molecule has 0 aliphatic carbocycles. The Hall–Kier alpha value is 0.534. The normalized spacial score (nSPS) is 24.2. The number of carbonyl (C=O) groups excluding carboxylic acids is 1. The van der Waals surface area contributed by atoms with Crippen LogP contribution < -0.4 is 10.6 Å². The van der Waals surface area contributed by atoms with Gasteiger partial charge in [0.25, 0.3) is 0 Å². The summed E-state index contributed by atoms with van der Waals surface area (Å²) in [5.41, 5.74) is 0. The molecule has 1 aliphatic rings. The second kappa shape index (κ2) is 11.6. The monoisotopic (exact) mass is 273 g/mol. The van der Waals surface area contributed by atoms with E-state index in [0.717, 1.165) is 19.0 Å². The number of nitrogens with one attached hydrogen (secondary N) is 2. The Kier molecular flexibility index (Phi) is 14.1. The molecule has 1 fully saturated rings. The van der Waals surface area contributed by atoms with Crippen molar-refractivity contribution >= 4 is 6.41 Å². The number of hydrogen-bond donors (Lipinski definition) is 2. The molecule has 0 saturated carbocycles. The molecular formula is C10H20N2OY-2. The van der Waals surface area contributed by atoms with E-state index >= 15 is 0 Å². The summed E-state index contributed by atoms with van der Waals surface area (Å²) in [5.74, 6) is 0.799. The van der Waals surface area contributed by atoms with Gasteiger partial charge in [-0.2, -0.15) is 13.3 Å². The van der Waals surface area contributed by atoms with Crippen LogP contribution in [0.4, 0.5) is 0 Å². The zero-order valence-corrected chi connectivity index (χ0v) is 12.0. The fourth-order valence-corrected chi connectivity index (χ4v) is 1.53. The van der Waals surface area contributed by atoms with E-state index < -0.39 is 0 Å². The fourth-order valence-electron chi connectivity index (χ4n) is 1.53. The zero-order chi connectivity index (χ0) is 10.1. The second-order valence-electron chi connectivity index (χ2n) is 3.10. The Morgan fingerprint density at radius 1 is 1.57 bits per heavy atom. The summed E-state index contributed by atoms with van der Waals surface area (Å²) in [6.07, 6.45) is 4.10. The van der Waals surface area contributed by atoms with Crippen molar-refractivity contribution in [3.05, 3.63) is 6.92 Å². The quantitative estimate of drug-likeness (QED) is 0.589. The van der Waals surface area contributed by atoms with Gasteiger partial charge in [0.2, 0.25) is 0 Å². The standard InChI is InChI=1S/C8H15N2O.C2H5.Y/c1-2-7-3-8(10-4-7)5-9-6-11;1-2;/h7-8,10H,2-5H2,1H3,(H,9,11);1H2,2H3;/q2*-1;/t7-,8+;;/m1../s1. The van der Waals surface area contributed by atoms with Crippen molar-refractivity contribution in [3.8, 4) is 0 Å². The fraction of sp³-hybridized carbons (Fsp3) is 0.800. The second-order valence-corrected chi connectivity index (χ2v) is 3.10. The van der Waals surface area contributed by atoms with Crippen molar-refractivity contribution in [2.45, 2.75) is 32.7 Å². The van der Waals surface area contributed by atoms with Gasteiger partial charge in [-0.15, -0.1) is 0 Å². The van der Waals surface area contributed by atoms with E-state index in [2.05, 4.69) is 24.5 Å². The molecule has 1 amide bonds. The molecule has 81 valence electrons. The molecule has 2 N–H and O–H groups in total. The third kappa shape index (κ3) is 6.91. The van der Waals surface area contributed by atoms with Crippen molar-refractivity contribution in [1.29, 1.82) is 0 Å². The molecule has 3 nitrogen and oxygen atoms in total. The molecule has 0 spiro atoms. The average Bonchev–Trinajstić information content (AvgIpc) is 2.65. The first-order valence-electron chi connectivity index (χ1n) is 4.91. The smallest absolute Gasteiger partial charge is 0.0219 e. The third-order valence-electron chi connectivity index (χ3n) is 2.31. The van der Waals surface area contributed by atoms with Gasteiger partial charge in [0.15, 0.2) is 0 Å².